The minimum Gasteiger partial charge on any atom is -0.495 e. The van der Waals surface area contributed by atoms with Gasteiger partial charge in [0.05, 0.1) is 24.4 Å². The van der Waals surface area contributed by atoms with Crippen molar-refractivity contribution in [2.45, 2.75) is 6.54 Å². The van der Waals surface area contributed by atoms with Crippen LogP contribution in [0.4, 0.5) is 10.1 Å². The number of nitrogens with one attached hydrogen (secondary N) is 1. The Balaban J connectivity index is 2.24. The molecule has 0 aromatic heterocycles. The van der Waals surface area contributed by atoms with E-state index in [0.29, 0.717) is 12.3 Å². The van der Waals surface area contributed by atoms with Crippen molar-refractivity contribution in [3.63, 3.8) is 0 Å². The molecule has 0 spiro atoms. The molecule has 0 heterocycles. The molecule has 0 aliphatic rings. The summed E-state index contributed by atoms with van der Waals surface area (Å²) in [4.78, 5) is 0. The number of benzene rings is 2. The molecule has 112 valence electrons. The maximum absolute atomic E-state index is 13.2. The Morgan fingerprint density at radius 1 is 1.10 bits per heavy atom. The lowest BCUT2D eigenvalue weighted by Crippen LogP contribution is -2.04. The Hall–Kier alpha value is -1.27. The van der Waals surface area contributed by atoms with Crippen molar-refractivity contribution in [1.29, 1.82) is 0 Å². The quantitative estimate of drug-likeness (QED) is 0.742. The molecule has 0 radical (unpaired) electrons. The van der Waals surface area contributed by atoms with Gasteiger partial charge in [0, 0.05) is 22.6 Å². The van der Waals surface area contributed by atoms with Gasteiger partial charge >= 0.3 is 0 Å². The summed E-state index contributed by atoms with van der Waals surface area (Å²) < 4.78 is 25.6. The van der Waals surface area contributed by atoms with Crippen LogP contribution in [-0.4, -0.2) is 14.2 Å². The molecule has 6 heteroatoms. The number of anilines is 1. The van der Waals surface area contributed by atoms with E-state index in [1.807, 2.05) is 12.1 Å². The van der Waals surface area contributed by atoms with Gasteiger partial charge in [-0.2, -0.15) is 0 Å². The molecule has 2 rings (SSSR count). The summed E-state index contributed by atoms with van der Waals surface area (Å²) in [5.41, 5.74) is 1.68. The van der Waals surface area contributed by atoms with E-state index in [-0.39, 0.29) is 5.82 Å². The van der Waals surface area contributed by atoms with Gasteiger partial charge in [0.1, 0.15) is 17.3 Å². The Morgan fingerprint density at radius 2 is 1.86 bits per heavy atom. The fraction of sp³-hybridized carbons (Fsp3) is 0.200. The van der Waals surface area contributed by atoms with Crippen molar-refractivity contribution < 1.29 is 13.9 Å². The lowest BCUT2D eigenvalue weighted by molar-refractivity contribution is 0.406. The second-order valence-corrected chi connectivity index (χ2v) is 6.05. The summed E-state index contributed by atoms with van der Waals surface area (Å²) in [7, 11) is 3.13. The van der Waals surface area contributed by atoms with Crippen molar-refractivity contribution in [2.24, 2.45) is 0 Å². The number of ether oxygens (including phenoxy) is 2. The van der Waals surface area contributed by atoms with Crippen LogP contribution in [-0.2, 0) is 6.54 Å². The van der Waals surface area contributed by atoms with Crippen molar-refractivity contribution in [1.82, 2.24) is 0 Å². The average Bonchev–Trinajstić information content (AvgIpc) is 2.45. The molecule has 0 aliphatic heterocycles. The molecule has 0 atom stereocenters. The van der Waals surface area contributed by atoms with E-state index in [2.05, 4.69) is 37.2 Å². The second kappa shape index (κ2) is 7.13. The van der Waals surface area contributed by atoms with Crippen LogP contribution in [0.5, 0.6) is 11.5 Å². The highest BCUT2D eigenvalue weighted by Gasteiger charge is 2.10. The number of halogens is 3. The van der Waals surface area contributed by atoms with Gasteiger partial charge in [-0.15, -0.1) is 0 Å². The third-order valence-electron chi connectivity index (χ3n) is 2.92. The molecule has 0 bridgehead atoms. The number of rotatable bonds is 5. The van der Waals surface area contributed by atoms with Crippen LogP contribution in [0.2, 0.25) is 0 Å². The highest BCUT2D eigenvalue weighted by Crippen LogP contribution is 2.34. The highest BCUT2D eigenvalue weighted by atomic mass is 79.9. The third-order valence-corrected chi connectivity index (χ3v) is 3.97. The summed E-state index contributed by atoms with van der Waals surface area (Å²) >= 11 is 6.92. The molecule has 3 nitrogen and oxygen atoms in total. The lowest BCUT2D eigenvalue weighted by atomic mass is 10.2. The third kappa shape index (κ3) is 3.89. The van der Waals surface area contributed by atoms with Crippen molar-refractivity contribution in [3.05, 3.63) is 50.7 Å². The smallest absolute Gasteiger partial charge is 0.144 e. The molecular formula is C15H14Br2FNO2. The van der Waals surface area contributed by atoms with Gasteiger partial charge in [-0.1, -0.05) is 15.9 Å². The zero-order valence-corrected chi connectivity index (χ0v) is 14.7. The standard InChI is InChI=1S/C15H14Br2FNO2/c1-20-14-7-11(18)3-4-13(14)19-8-9-5-10(16)6-12(17)15(9)21-2/h3-7,19H,8H2,1-2H3. The van der Waals surface area contributed by atoms with Crippen LogP contribution in [0.1, 0.15) is 5.56 Å². The van der Waals surface area contributed by atoms with E-state index >= 15 is 0 Å². The van der Waals surface area contributed by atoms with Crippen LogP contribution in [0.3, 0.4) is 0 Å². The fourth-order valence-electron chi connectivity index (χ4n) is 1.98. The summed E-state index contributed by atoms with van der Waals surface area (Å²) in [5, 5.41) is 3.22. The molecule has 2 aromatic rings. The van der Waals surface area contributed by atoms with Crippen molar-refractivity contribution >= 4 is 37.5 Å². The molecule has 0 fully saturated rings. The molecule has 0 unspecified atom stereocenters. The first-order chi connectivity index (χ1) is 10.0. The molecule has 0 saturated heterocycles. The highest BCUT2D eigenvalue weighted by molar-refractivity contribution is 9.11. The maximum atomic E-state index is 13.2. The van der Waals surface area contributed by atoms with Crippen LogP contribution in [0.15, 0.2) is 39.3 Å². The summed E-state index contributed by atoms with van der Waals surface area (Å²) in [6, 6.07) is 8.26. The molecule has 21 heavy (non-hydrogen) atoms. The summed E-state index contributed by atoms with van der Waals surface area (Å²) in [6.45, 7) is 0.517. The molecule has 0 aliphatic carbocycles. The van der Waals surface area contributed by atoms with Crippen LogP contribution in [0.25, 0.3) is 0 Å². The molecule has 2 aromatic carbocycles. The Labute approximate surface area is 139 Å². The van der Waals surface area contributed by atoms with Gasteiger partial charge in [-0.25, -0.2) is 4.39 Å². The fourth-order valence-corrected chi connectivity index (χ4v) is 3.45. The van der Waals surface area contributed by atoms with E-state index in [1.54, 1.807) is 13.2 Å². The van der Waals surface area contributed by atoms with Gasteiger partial charge in [0.25, 0.3) is 0 Å². The van der Waals surface area contributed by atoms with Crippen LogP contribution in [0, 0.1) is 5.82 Å². The van der Waals surface area contributed by atoms with E-state index < -0.39 is 0 Å². The van der Waals surface area contributed by atoms with Gasteiger partial charge in [-0.3, -0.25) is 0 Å². The zero-order valence-electron chi connectivity index (χ0n) is 11.5. The van der Waals surface area contributed by atoms with Crippen LogP contribution < -0.4 is 14.8 Å². The number of hydrogen-bond donors (Lipinski definition) is 1. The first kappa shape index (κ1) is 16.1. The minimum atomic E-state index is -0.333. The van der Waals surface area contributed by atoms with Crippen molar-refractivity contribution in [2.75, 3.05) is 19.5 Å². The lowest BCUT2D eigenvalue weighted by Gasteiger charge is -2.14. The Bertz CT molecular complexity index is 650. The minimum absolute atomic E-state index is 0.333. The SMILES string of the molecule is COc1cc(F)ccc1NCc1cc(Br)cc(Br)c1OC. The van der Waals surface area contributed by atoms with Gasteiger partial charge in [-0.05, 0) is 40.2 Å². The predicted octanol–water partition coefficient (Wildman–Crippen LogP) is 4.98. The van der Waals surface area contributed by atoms with E-state index in [0.717, 1.165) is 25.9 Å². The van der Waals surface area contributed by atoms with E-state index in [9.17, 15) is 4.39 Å². The normalized spacial score (nSPS) is 10.3. The van der Waals surface area contributed by atoms with Crippen molar-refractivity contribution in [3.8, 4) is 11.5 Å². The van der Waals surface area contributed by atoms with E-state index in [1.165, 1.54) is 19.2 Å². The molecular weight excluding hydrogens is 405 g/mol. The molecule has 1 N–H and O–H groups in total. The van der Waals surface area contributed by atoms with Gasteiger partial charge in [0.2, 0.25) is 0 Å². The Morgan fingerprint density at radius 3 is 2.52 bits per heavy atom. The van der Waals surface area contributed by atoms with Gasteiger partial charge in [0.15, 0.2) is 0 Å². The molecule has 0 amide bonds. The summed E-state index contributed by atoms with van der Waals surface area (Å²) in [6.07, 6.45) is 0. The number of methoxy groups -OCH3 is 2. The first-order valence-electron chi connectivity index (χ1n) is 6.14. The average molecular weight is 419 g/mol. The maximum Gasteiger partial charge on any atom is 0.144 e. The van der Waals surface area contributed by atoms with Gasteiger partial charge < -0.3 is 14.8 Å². The second-order valence-electron chi connectivity index (χ2n) is 4.28. The number of hydrogen-bond acceptors (Lipinski definition) is 3. The first-order valence-corrected chi connectivity index (χ1v) is 7.73. The monoisotopic (exact) mass is 417 g/mol. The zero-order chi connectivity index (χ0) is 15.4. The predicted molar refractivity (Wildman–Crippen MR) is 88.7 cm³/mol. The topological polar surface area (TPSA) is 30.5 Å². The van der Waals surface area contributed by atoms with E-state index in [4.69, 9.17) is 9.47 Å². The largest absolute Gasteiger partial charge is 0.495 e. The summed E-state index contributed by atoms with van der Waals surface area (Å²) in [5.74, 6) is 0.884. The Kier molecular flexibility index (Phi) is 5.47. The molecule has 0 saturated carbocycles. The van der Waals surface area contributed by atoms with Crippen LogP contribution >= 0.6 is 31.9 Å².